The van der Waals surface area contributed by atoms with E-state index in [9.17, 15) is 5.11 Å². The first-order chi connectivity index (χ1) is 9.47. The van der Waals surface area contributed by atoms with E-state index in [0.717, 1.165) is 10.0 Å². The largest absolute Gasteiger partial charge is 0.493 e. The van der Waals surface area contributed by atoms with Crippen molar-refractivity contribution < 1.29 is 19.3 Å². The molecule has 0 fully saturated rings. The highest BCUT2D eigenvalue weighted by Crippen LogP contribution is 2.36. The van der Waals surface area contributed by atoms with Gasteiger partial charge in [0.25, 0.3) is 0 Å². The maximum atomic E-state index is 9.79. The number of aliphatic hydroxyl groups excluding tert-OH is 1. The molecule has 0 heterocycles. The van der Waals surface area contributed by atoms with Gasteiger partial charge in [0.1, 0.15) is 12.7 Å². The average molecular weight is 348 g/mol. The Hall–Kier alpha value is -0.820. The Kier molecular flexibility index (Phi) is 7.29. The number of halogens is 1. The Labute approximate surface area is 128 Å². The molecule has 114 valence electrons. The highest BCUT2D eigenvalue weighted by atomic mass is 79.9. The predicted octanol–water partition coefficient (Wildman–Crippen LogP) is 2.08. The van der Waals surface area contributed by atoms with Gasteiger partial charge in [0.05, 0.1) is 24.3 Å². The predicted molar refractivity (Wildman–Crippen MR) is 81.2 cm³/mol. The van der Waals surface area contributed by atoms with Crippen LogP contribution >= 0.6 is 15.9 Å². The first-order valence-corrected chi connectivity index (χ1v) is 7.26. The van der Waals surface area contributed by atoms with Crippen LogP contribution in [-0.2, 0) is 11.3 Å². The summed E-state index contributed by atoms with van der Waals surface area (Å²) < 4.78 is 17.0. The van der Waals surface area contributed by atoms with Crippen molar-refractivity contribution in [1.82, 2.24) is 0 Å². The second-order valence-electron chi connectivity index (χ2n) is 4.66. The van der Waals surface area contributed by atoms with E-state index < -0.39 is 6.10 Å². The normalized spacial score (nSPS) is 12.6. The van der Waals surface area contributed by atoms with Gasteiger partial charge in [-0.3, -0.25) is 0 Å². The van der Waals surface area contributed by atoms with Crippen LogP contribution in [0.5, 0.6) is 11.5 Å². The minimum atomic E-state index is -0.691. The highest BCUT2D eigenvalue weighted by Gasteiger charge is 2.14. The molecule has 5 nitrogen and oxygen atoms in total. The molecule has 6 heteroatoms. The number of methoxy groups -OCH3 is 1. The van der Waals surface area contributed by atoms with Gasteiger partial charge in [0, 0.05) is 6.54 Å². The van der Waals surface area contributed by atoms with Gasteiger partial charge in [-0.15, -0.1) is 0 Å². The van der Waals surface area contributed by atoms with Crippen molar-refractivity contribution in [1.29, 1.82) is 0 Å². The number of hydrogen-bond acceptors (Lipinski definition) is 5. The van der Waals surface area contributed by atoms with E-state index in [1.165, 1.54) is 0 Å². The highest BCUT2D eigenvalue weighted by molar-refractivity contribution is 9.10. The molecular weight excluding hydrogens is 326 g/mol. The lowest BCUT2D eigenvalue weighted by Gasteiger charge is -2.17. The lowest BCUT2D eigenvalue weighted by molar-refractivity contribution is -0.0127. The molecule has 0 aliphatic rings. The van der Waals surface area contributed by atoms with E-state index >= 15 is 0 Å². The fourth-order valence-corrected chi connectivity index (χ4v) is 2.17. The first kappa shape index (κ1) is 17.2. The zero-order chi connectivity index (χ0) is 15.1. The van der Waals surface area contributed by atoms with Gasteiger partial charge in [0.15, 0.2) is 11.5 Å². The summed E-state index contributed by atoms with van der Waals surface area (Å²) in [6.45, 7) is 4.61. The molecule has 0 amide bonds. The lowest BCUT2D eigenvalue weighted by atomic mass is 10.2. The molecule has 1 rings (SSSR count). The Morgan fingerprint density at radius 2 is 2.00 bits per heavy atom. The average Bonchev–Trinajstić information content (AvgIpc) is 2.42. The molecule has 1 aromatic carbocycles. The zero-order valence-corrected chi connectivity index (χ0v) is 13.6. The van der Waals surface area contributed by atoms with Crippen LogP contribution in [0.4, 0.5) is 0 Å². The molecule has 0 spiro atoms. The summed E-state index contributed by atoms with van der Waals surface area (Å²) in [5.41, 5.74) is 6.54. The second-order valence-corrected chi connectivity index (χ2v) is 5.51. The topological polar surface area (TPSA) is 73.9 Å². The van der Waals surface area contributed by atoms with E-state index in [-0.39, 0.29) is 19.3 Å². The van der Waals surface area contributed by atoms with Crippen molar-refractivity contribution in [3.8, 4) is 11.5 Å². The van der Waals surface area contributed by atoms with Gasteiger partial charge in [-0.25, -0.2) is 0 Å². The molecule has 0 radical (unpaired) electrons. The van der Waals surface area contributed by atoms with Crippen LogP contribution in [-0.4, -0.2) is 37.6 Å². The van der Waals surface area contributed by atoms with Crippen LogP contribution in [0.15, 0.2) is 16.6 Å². The van der Waals surface area contributed by atoms with Gasteiger partial charge in [-0.2, -0.15) is 0 Å². The minimum Gasteiger partial charge on any atom is -0.493 e. The fourth-order valence-electron chi connectivity index (χ4n) is 1.56. The molecule has 20 heavy (non-hydrogen) atoms. The summed E-state index contributed by atoms with van der Waals surface area (Å²) in [5.74, 6) is 1.13. The molecule has 0 saturated heterocycles. The zero-order valence-electron chi connectivity index (χ0n) is 12.1. The van der Waals surface area contributed by atoms with Crippen LogP contribution in [0, 0.1) is 0 Å². The molecule has 0 saturated carbocycles. The van der Waals surface area contributed by atoms with Crippen molar-refractivity contribution >= 4 is 15.9 Å². The first-order valence-electron chi connectivity index (χ1n) is 6.46. The Morgan fingerprint density at radius 3 is 2.55 bits per heavy atom. The number of rotatable bonds is 8. The van der Waals surface area contributed by atoms with Gasteiger partial charge in [-0.05, 0) is 47.5 Å². The van der Waals surface area contributed by atoms with E-state index in [2.05, 4.69) is 15.9 Å². The third-order valence-corrected chi connectivity index (χ3v) is 3.16. The number of ether oxygens (including phenoxy) is 3. The van der Waals surface area contributed by atoms with Crippen LogP contribution in [0.2, 0.25) is 0 Å². The van der Waals surface area contributed by atoms with Crippen LogP contribution in [0.1, 0.15) is 19.4 Å². The van der Waals surface area contributed by atoms with Gasteiger partial charge >= 0.3 is 0 Å². The molecule has 1 aromatic rings. The standard InChI is InChI=1S/C14H22BrNO4/c1-9(2)19-7-11(17)8-20-14-12(15)4-10(6-16)5-13(14)18-3/h4-5,9,11,17H,6-8,16H2,1-3H3. The van der Waals surface area contributed by atoms with Gasteiger partial charge in [0.2, 0.25) is 0 Å². The quantitative estimate of drug-likeness (QED) is 0.753. The molecule has 0 aliphatic carbocycles. The van der Waals surface area contributed by atoms with Gasteiger partial charge in [-0.1, -0.05) is 0 Å². The second kappa shape index (κ2) is 8.46. The van der Waals surface area contributed by atoms with Crippen LogP contribution in [0.3, 0.4) is 0 Å². The Bertz CT molecular complexity index is 426. The van der Waals surface area contributed by atoms with Crippen molar-refractivity contribution in [2.75, 3.05) is 20.3 Å². The smallest absolute Gasteiger partial charge is 0.175 e. The molecule has 3 N–H and O–H groups in total. The summed E-state index contributed by atoms with van der Waals surface area (Å²) in [6, 6.07) is 3.69. The number of nitrogens with two attached hydrogens (primary N) is 1. The molecule has 0 aromatic heterocycles. The summed E-state index contributed by atoms with van der Waals surface area (Å²) in [6.07, 6.45) is -0.613. The summed E-state index contributed by atoms with van der Waals surface area (Å²) >= 11 is 3.42. The lowest BCUT2D eigenvalue weighted by Crippen LogP contribution is -2.25. The van der Waals surface area contributed by atoms with E-state index in [4.69, 9.17) is 19.9 Å². The molecule has 0 bridgehead atoms. The minimum absolute atomic E-state index is 0.0785. The number of aliphatic hydroxyl groups is 1. The summed E-state index contributed by atoms with van der Waals surface area (Å²) in [5, 5.41) is 9.79. The van der Waals surface area contributed by atoms with Crippen molar-refractivity contribution in [3.05, 3.63) is 22.2 Å². The van der Waals surface area contributed by atoms with Gasteiger partial charge < -0.3 is 25.1 Å². The third kappa shape index (κ3) is 5.28. The molecule has 1 atom stereocenters. The Morgan fingerprint density at radius 1 is 1.30 bits per heavy atom. The SMILES string of the molecule is COc1cc(CN)cc(Br)c1OCC(O)COC(C)C. The number of hydrogen-bond donors (Lipinski definition) is 2. The van der Waals surface area contributed by atoms with Crippen molar-refractivity contribution in [2.45, 2.75) is 32.6 Å². The fraction of sp³-hybridized carbons (Fsp3) is 0.571. The van der Waals surface area contributed by atoms with E-state index in [1.54, 1.807) is 7.11 Å². The van der Waals surface area contributed by atoms with E-state index in [1.807, 2.05) is 26.0 Å². The summed E-state index contributed by atoms with van der Waals surface area (Å²) in [7, 11) is 1.56. The molecular formula is C14H22BrNO4. The van der Waals surface area contributed by atoms with Crippen molar-refractivity contribution in [3.63, 3.8) is 0 Å². The van der Waals surface area contributed by atoms with Crippen LogP contribution in [0.25, 0.3) is 0 Å². The molecule has 0 aliphatic heterocycles. The van der Waals surface area contributed by atoms with E-state index in [0.29, 0.717) is 18.0 Å². The van der Waals surface area contributed by atoms with Crippen LogP contribution < -0.4 is 15.2 Å². The summed E-state index contributed by atoms with van der Waals surface area (Å²) in [4.78, 5) is 0. The van der Waals surface area contributed by atoms with Crippen molar-refractivity contribution in [2.24, 2.45) is 5.73 Å². The third-order valence-electron chi connectivity index (χ3n) is 2.57. The number of benzene rings is 1. The molecule has 1 unspecified atom stereocenters. The maximum absolute atomic E-state index is 9.79. The maximum Gasteiger partial charge on any atom is 0.175 e. The Balaban J connectivity index is 2.67. The monoisotopic (exact) mass is 347 g/mol.